The van der Waals surface area contributed by atoms with Gasteiger partial charge in [0.05, 0.1) is 49.7 Å². The number of carboxylic acids is 2. The van der Waals surface area contributed by atoms with Crippen LogP contribution in [0.15, 0.2) is 107 Å². The van der Waals surface area contributed by atoms with Crippen molar-refractivity contribution in [3.05, 3.63) is 140 Å². The molecule has 5 aromatic carbocycles. The van der Waals surface area contributed by atoms with Gasteiger partial charge in [0, 0.05) is 34.8 Å². The number of hydrogen-bond donors (Lipinski definition) is 6. The Balaban J connectivity index is 0.000000218. The summed E-state index contributed by atoms with van der Waals surface area (Å²) in [6.07, 6.45) is -0.0407. The van der Waals surface area contributed by atoms with E-state index in [0.29, 0.717) is 73.4 Å². The molecular formula is C43H41ClN2O11. The number of carbonyl (C=O) groups is 4. The molecule has 13 nitrogen and oxygen atoms in total. The van der Waals surface area contributed by atoms with Crippen LogP contribution in [0.5, 0.6) is 11.5 Å². The lowest BCUT2D eigenvalue weighted by atomic mass is 9.80. The number of methoxy groups -OCH3 is 1. The number of halogens is 1. The Bertz CT molecular complexity index is 2340. The molecule has 57 heavy (non-hydrogen) atoms. The molecule has 0 saturated heterocycles. The molecule has 0 amide bonds. The van der Waals surface area contributed by atoms with E-state index in [1.807, 2.05) is 0 Å². The predicted octanol–water partition coefficient (Wildman–Crippen LogP) is 6.66. The molecule has 0 saturated carbocycles. The first kappa shape index (κ1) is 41.7. The standard InChI is InChI=1S/C23H16O6.C20H25ClN2O5/c24-20-16(14-7-3-1-5-12(14)9-18(20)22(26)27)11-17-15-8-4-2-6-13(15)10-19(21(17)25)23(28)29;1-4-28-20(25)18-15(11-27-10-9-22)23-12(2)16(19(24)26-3)17(18)13-7-5-6-8-14(13)21/h1-10,24-25H,11H2,(H,26,27)(H,28,29);5-8,17,23H,4,9-11,22H2,1-3H3/t;17-/m.0/s1. The third kappa shape index (κ3) is 8.86. The maximum Gasteiger partial charge on any atom is 0.339 e. The molecule has 0 aliphatic carbocycles. The van der Waals surface area contributed by atoms with Crippen molar-refractivity contribution in [2.24, 2.45) is 5.73 Å². The van der Waals surface area contributed by atoms with E-state index < -0.39 is 41.3 Å². The molecule has 296 valence electrons. The predicted molar refractivity (Wildman–Crippen MR) is 214 cm³/mol. The maximum atomic E-state index is 12.9. The third-order valence-corrected chi connectivity index (χ3v) is 9.68. The van der Waals surface area contributed by atoms with Crippen molar-refractivity contribution in [1.82, 2.24) is 5.32 Å². The summed E-state index contributed by atoms with van der Waals surface area (Å²) in [5.41, 5.74) is 7.81. The number of hydrogen-bond acceptors (Lipinski definition) is 11. The van der Waals surface area contributed by atoms with Crippen molar-refractivity contribution in [1.29, 1.82) is 0 Å². The van der Waals surface area contributed by atoms with Crippen molar-refractivity contribution in [3.63, 3.8) is 0 Å². The normalized spacial score (nSPS) is 13.8. The number of ether oxygens (including phenoxy) is 3. The molecule has 0 radical (unpaired) electrons. The van der Waals surface area contributed by atoms with E-state index in [1.165, 1.54) is 19.2 Å². The number of benzene rings is 5. The molecule has 1 aliphatic heterocycles. The van der Waals surface area contributed by atoms with Crippen molar-refractivity contribution >= 4 is 57.0 Å². The minimum absolute atomic E-state index is 0.0407. The van der Waals surface area contributed by atoms with Crippen LogP contribution in [0.2, 0.25) is 5.02 Å². The van der Waals surface area contributed by atoms with Gasteiger partial charge in [0.15, 0.2) is 0 Å². The first-order chi connectivity index (χ1) is 27.3. The van der Waals surface area contributed by atoms with E-state index in [0.717, 1.165) is 0 Å². The second-order valence-electron chi connectivity index (χ2n) is 12.8. The summed E-state index contributed by atoms with van der Waals surface area (Å²) < 4.78 is 15.8. The molecule has 1 heterocycles. The number of dihydropyridines is 1. The minimum atomic E-state index is -1.28. The van der Waals surface area contributed by atoms with E-state index in [9.17, 15) is 39.6 Å². The number of aromatic carboxylic acids is 2. The topological polar surface area (TPSA) is 215 Å². The van der Waals surface area contributed by atoms with Crippen LogP contribution >= 0.6 is 11.6 Å². The van der Waals surface area contributed by atoms with Gasteiger partial charge >= 0.3 is 23.9 Å². The fourth-order valence-corrected chi connectivity index (χ4v) is 7.05. The average molecular weight is 797 g/mol. The molecule has 7 N–H and O–H groups in total. The molecular weight excluding hydrogens is 756 g/mol. The molecule has 0 unspecified atom stereocenters. The Morgan fingerprint density at radius 1 is 0.789 bits per heavy atom. The fourth-order valence-electron chi connectivity index (χ4n) is 6.80. The summed E-state index contributed by atoms with van der Waals surface area (Å²) in [6, 6.07) is 23.8. The van der Waals surface area contributed by atoms with Gasteiger partial charge in [-0.25, -0.2) is 19.2 Å². The first-order valence-electron chi connectivity index (χ1n) is 17.8. The molecule has 0 aromatic heterocycles. The SMILES string of the molecule is CCOC(=O)C1=C(COCCN)NC(C)=C(C(=O)OC)[C@@H]1c1ccccc1Cl.O=C(O)c1cc2ccccc2c(Cc2c(O)c(C(=O)O)cc3ccccc23)c1O. The number of phenols is 2. The van der Waals surface area contributed by atoms with Gasteiger partial charge in [0.25, 0.3) is 0 Å². The summed E-state index contributed by atoms with van der Waals surface area (Å²) in [6.45, 7) is 4.42. The minimum Gasteiger partial charge on any atom is -0.507 e. The van der Waals surface area contributed by atoms with Crippen molar-refractivity contribution in [2.45, 2.75) is 26.2 Å². The van der Waals surface area contributed by atoms with Crippen molar-refractivity contribution in [3.8, 4) is 11.5 Å². The highest BCUT2D eigenvalue weighted by atomic mass is 35.5. The van der Waals surface area contributed by atoms with Gasteiger partial charge in [0.2, 0.25) is 0 Å². The number of allylic oxidation sites excluding steroid dienone is 1. The van der Waals surface area contributed by atoms with E-state index in [-0.39, 0.29) is 36.3 Å². The molecule has 1 atom stereocenters. The Kier molecular flexibility index (Phi) is 13.5. The highest BCUT2D eigenvalue weighted by Crippen LogP contribution is 2.42. The Morgan fingerprint density at radius 2 is 1.32 bits per heavy atom. The van der Waals surface area contributed by atoms with E-state index >= 15 is 0 Å². The first-order valence-corrected chi connectivity index (χ1v) is 18.1. The van der Waals surface area contributed by atoms with Crippen LogP contribution in [0, 0.1) is 0 Å². The molecule has 0 spiro atoms. The van der Waals surface area contributed by atoms with Crippen LogP contribution < -0.4 is 11.1 Å². The zero-order valence-electron chi connectivity index (χ0n) is 31.3. The summed E-state index contributed by atoms with van der Waals surface area (Å²) in [5.74, 6) is -5.22. The second-order valence-corrected chi connectivity index (χ2v) is 13.2. The van der Waals surface area contributed by atoms with Crippen LogP contribution in [0.4, 0.5) is 0 Å². The molecule has 14 heteroatoms. The monoisotopic (exact) mass is 796 g/mol. The fraction of sp³-hybridized carbons (Fsp3) is 0.209. The lowest BCUT2D eigenvalue weighted by molar-refractivity contribution is -0.139. The number of esters is 2. The molecule has 6 rings (SSSR count). The van der Waals surface area contributed by atoms with Crippen molar-refractivity contribution in [2.75, 3.05) is 33.5 Å². The van der Waals surface area contributed by atoms with Crippen LogP contribution in [0.3, 0.4) is 0 Å². The van der Waals surface area contributed by atoms with Gasteiger partial charge < -0.3 is 45.7 Å². The number of fused-ring (bicyclic) bond motifs is 2. The van der Waals surface area contributed by atoms with E-state index in [4.69, 9.17) is 31.5 Å². The van der Waals surface area contributed by atoms with Gasteiger partial charge in [-0.2, -0.15) is 0 Å². The summed E-state index contributed by atoms with van der Waals surface area (Å²) in [4.78, 5) is 48.7. The zero-order valence-corrected chi connectivity index (χ0v) is 32.1. The lowest BCUT2D eigenvalue weighted by Gasteiger charge is -2.31. The Morgan fingerprint density at radius 3 is 1.81 bits per heavy atom. The van der Waals surface area contributed by atoms with Gasteiger partial charge in [-0.15, -0.1) is 0 Å². The number of rotatable bonds is 12. The average Bonchev–Trinajstić information content (AvgIpc) is 3.19. The molecule has 1 aliphatic rings. The molecule has 0 bridgehead atoms. The van der Waals surface area contributed by atoms with Gasteiger partial charge in [0.1, 0.15) is 22.6 Å². The Hall–Kier alpha value is -6.41. The van der Waals surface area contributed by atoms with E-state index in [1.54, 1.807) is 86.6 Å². The zero-order chi connectivity index (χ0) is 41.4. The molecule has 0 fully saturated rings. The summed E-state index contributed by atoms with van der Waals surface area (Å²) in [7, 11) is 1.29. The number of carbonyl (C=O) groups excluding carboxylic acids is 2. The highest BCUT2D eigenvalue weighted by molar-refractivity contribution is 6.31. The summed E-state index contributed by atoms with van der Waals surface area (Å²) in [5, 5.41) is 46.3. The van der Waals surface area contributed by atoms with Gasteiger partial charge in [-0.05, 0) is 59.2 Å². The quantitative estimate of drug-likeness (QED) is 0.0576. The van der Waals surface area contributed by atoms with Crippen molar-refractivity contribution < 1.29 is 53.8 Å². The number of nitrogens with one attached hydrogen (secondary N) is 1. The molecule has 5 aromatic rings. The largest absolute Gasteiger partial charge is 0.507 e. The van der Waals surface area contributed by atoms with Gasteiger partial charge in [-0.3, -0.25) is 0 Å². The smallest absolute Gasteiger partial charge is 0.339 e. The third-order valence-electron chi connectivity index (χ3n) is 9.34. The summed E-state index contributed by atoms with van der Waals surface area (Å²) >= 11 is 6.42. The highest BCUT2D eigenvalue weighted by Gasteiger charge is 2.39. The van der Waals surface area contributed by atoms with Crippen LogP contribution in [-0.4, -0.2) is 77.8 Å². The number of aromatic hydroxyl groups is 2. The second kappa shape index (κ2) is 18.5. The maximum absolute atomic E-state index is 12.9. The van der Waals surface area contributed by atoms with Gasteiger partial charge in [-0.1, -0.05) is 78.3 Å². The lowest BCUT2D eigenvalue weighted by Crippen LogP contribution is -2.35. The Labute approximate surface area is 332 Å². The number of carboxylic acid groups (broad SMARTS) is 2. The number of nitrogens with two attached hydrogens (primary N) is 1. The van der Waals surface area contributed by atoms with E-state index in [2.05, 4.69) is 5.32 Å². The van der Waals surface area contributed by atoms with Crippen LogP contribution in [-0.2, 0) is 30.2 Å². The van der Waals surface area contributed by atoms with Crippen LogP contribution in [0.1, 0.15) is 57.2 Å². The van der Waals surface area contributed by atoms with Crippen LogP contribution in [0.25, 0.3) is 21.5 Å².